The van der Waals surface area contributed by atoms with Crippen molar-refractivity contribution >= 4 is 8.32 Å². The first-order valence-electron chi connectivity index (χ1n) is 18.0. The van der Waals surface area contributed by atoms with Crippen LogP contribution in [0, 0.1) is 22.7 Å². The molecule has 3 aliphatic heterocycles. The predicted octanol–water partition coefficient (Wildman–Crippen LogP) is 8.22. The molecule has 9 nitrogen and oxygen atoms in total. The van der Waals surface area contributed by atoms with Gasteiger partial charge in [0.05, 0.1) is 56.4 Å². The zero-order valence-electron chi connectivity index (χ0n) is 29.8. The molecule has 2 aliphatic carbocycles. The fraction of sp³-hybridized carbons (Fsp3) is 1.00. The van der Waals surface area contributed by atoms with Crippen LogP contribution in [0.1, 0.15) is 106 Å². The van der Waals surface area contributed by atoms with Crippen molar-refractivity contribution in [1.82, 2.24) is 0 Å². The highest BCUT2D eigenvalue weighted by molar-refractivity contribution is 6.74. The Morgan fingerprint density at radius 2 is 1.71 bits per heavy atom. The van der Waals surface area contributed by atoms with Crippen molar-refractivity contribution in [2.75, 3.05) is 33.0 Å². The van der Waals surface area contributed by atoms with E-state index in [9.17, 15) is 5.53 Å². The second kappa shape index (κ2) is 13.7. The Morgan fingerprint density at radius 3 is 2.40 bits per heavy atom. The Bertz CT molecular complexity index is 1060. The second-order valence-electron chi connectivity index (χ2n) is 17.0. The van der Waals surface area contributed by atoms with Gasteiger partial charge in [-0.15, -0.1) is 0 Å². The van der Waals surface area contributed by atoms with Gasteiger partial charge in [0.2, 0.25) is 0 Å². The van der Waals surface area contributed by atoms with Crippen molar-refractivity contribution in [3.63, 3.8) is 0 Å². The fourth-order valence-corrected chi connectivity index (χ4v) is 10.4. The summed E-state index contributed by atoms with van der Waals surface area (Å²) in [6.07, 6.45) is 9.44. The van der Waals surface area contributed by atoms with Crippen LogP contribution in [0.25, 0.3) is 10.4 Å². The molecule has 0 N–H and O–H groups in total. The van der Waals surface area contributed by atoms with Gasteiger partial charge in [-0.1, -0.05) is 59.5 Å². The molecule has 0 aromatic carbocycles. The summed E-state index contributed by atoms with van der Waals surface area (Å²) in [5.41, 5.74) is 8.83. The summed E-state index contributed by atoms with van der Waals surface area (Å²) in [6.45, 7) is 23.7. The normalized spacial score (nSPS) is 44.2. The topological polar surface area (TPSA) is 107 Å². The van der Waals surface area contributed by atoms with Crippen molar-refractivity contribution in [2.45, 2.75) is 167 Å². The highest BCUT2D eigenvalue weighted by Gasteiger charge is 2.82. The maximum Gasteiger partial charge on any atom is 0.192 e. The summed E-state index contributed by atoms with van der Waals surface area (Å²) in [5, 5.41) is 4.37. The molecule has 2 bridgehead atoms. The lowest BCUT2D eigenvalue weighted by Crippen LogP contribution is -2.67. The lowest BCUT2D eigenvalue weighted by atomic mass is 9.50. The number of epoxide rings is 1. The van der Waals surface area contributed by atoms with E-state index in [0.29, 0.717) is 25.7 Å². The van der Waals surface area contributed by atoms with E-state index in [1.165, 1.54) is 0 Å². The molecule has 45 heavy (non-hydrogen) atoms. The Kier molecular flexibility index (Phi) is 10.8. The molecular formula is C35H63N3O6Si. The van der Waals surface area contributed by atoms with E-state index in [1.807, 2.05) is 0 Å². The molecule has 5 fully saturated rings. The van der Waals surface area contributed by atoms with Gasteiger partial charge in [-0.3, -0.25) is 0 Å². The van der Waals surface area contributed by atoms with Crippen LogP contribution in [-0.2, 0) is 28.1 Å². The zero-order valence-corrected chi connectivity index (χ0v) is 30.8. The monoisotopic (exact) mass is 649 g/mol. The highest BCUT2D eigenvalue weighted by atomic mass is 28.4. The van der Waals surface area contributed by atoms with Gasteiger partial charge in [0, 0.05) is 35.4 Å². The first-order chi connectivity index (χ1) is 21.2. The van der Waals surface area contributed by atoms with E-state index in [1.54, 1.807) is 0 Å². The fourth-order valence-electron chi connectivity index (χ4n) is 8.96. The van der Waals surface area contributed by atoms with Crippen molar-refractivity contribution in [3.05, 3.63) is 10.4 Å². The largest absolute Gasteiger partial charge is 0.412 e. The first kappa shape index (κ1) is 35.6. The van der Waals surface area contributed by atoms with Gasteiger partial charge < -0.3 is 28.1 Å². The highest BCUT2D eigenvalue weighted by Crippen LogP contribution is 2.72. The molecule has 3 saturated heterocycles. The molecule has 2 spiro atoms. The van der Waals surface area contributed by atoms with Gasteiger partial charge in [-0.25, -0.2) is 0 Å². The third-order valence-electron chi connectivity index (χ3n) is 13.3. The molecule has 10 heteroatoms. The minimum atomic E-state index is -1.94. The van der Waals surface area contributed by atoms with Crippen molar-refractivity contribution in [3.8, 4) is 0 Å². The molecule has 5 rings (SSSR count). The quantitative estimate of drug-likeness (QED) is 0.0999. The molecule has 3 heterocycles. The Labute approximate surface area is 273 Å². The summed E-state index contributed by atoms with van der Waals surface area (Å²) >= 11 is 0. The van der Waals surface area contributed by atoms with Gasteiger partial charge in [-0.05, 0) is 80.9 Å². The lowest BCUT2D eigenvalue weighted by Gasteiger charge is -2.60. The maximum atomic E-state index is 9.49. The van der Waals surface area contributed by atoms with Crippen LogP contribution in [-0.4, -0.2) is 83.5 Å². The van der Waals surface area contributed by atoms with Crippen LogP contribution in [0.3, 0.4) is 0 Å². The summed E-state index contributed by atoms with van der Waals surface area (Å²) in [7, 11) is -1.94. The van der Waals surface area contributed by atoms with E-state index in [-0.39, 0.29) is 63.9 Å². The summed E-state index contributed by atoms with van der Waals surface area (Å²) < 4.78 is 40.3. The summed E-state index contributed by atoms with van der Waals surface area (Å²) in [5.74, 6) is 0.750. The summed E-state index contributed by atoms with van der Waals surface area (Å²) in [6, 6.07) is -0.263. The second-order valence-corrected chi connectivity index (χ2v) is 21.8. The molecule has 1 unspecified atom stereocenters. The zero-order chi connectivity index (χ0) is 32.7. The number of hydrogen-bond donors (Lipinski definition) is 0. The number of azide groups is 1. The van der Waals surface area contributed by atoms with Crippen LogP contribution in [0.15, 0.2) is 5.11 Å². The number of ether oxygens (including phenoxy) is 5. The van der Waals surface area contributed by atoms with Crippen molar-refractivity contribution in [1.29, 1.82) is 0 Å². The smallest absolute Gasteiger partial charge is 0.192 e. The van der Waals surface area contributed by atoms with Crippen LogP contribution in [0.2, 0.25) is 18.1 Å². The SMILES string of the molecule is CC1CC[C@@]23COC[C@@H](N=[N+]=[N-])[C@H](C)CCO[C@@H]([C@H](C)O[Si](C)(C)C(C)(C)C)CCCCCO[C@@H]4C[C@@H](O[C@@H]2C1)[C@@]1(CO1)[C@]43C. The van der Waals surface area contributed by atoms with Crippen LogP contribution < -0.4 is 0 Å². The van der Waals surface area contributed by atoms with Gasteiger partial charge in [0.1, 0.15) is 5.60 Å². The minimum absolute atomic E-state index is 0.0223. The van der Waals surface area contributed by atoms with E-state index >= 15 is 0 Å². The lowest BCUT2D eigenvalue weighted by molar-refractivity contribution is -0.260. The van der Waals surface area contributed by atoms with Crippen LogP contribution in [0.4, 0.5) is 0 Å². The van der Waals surface area contributed by atoms with Crippen LogP contribution in [0.5, 0.6) is 0 Å². The van der Waals surface area contributed by atoms with Gasteiger partial charge in [-0.2, -0.15) is 0 Å². The average molecular weight is 650 g/mol. The van der Waals surface area contributed by atoms with E-state index in [4.69, 9.17) is 28.1 Å². The van der Waals surface area contributed by atoms with E-state index in [0.717, 1.165) is 71.0 Å². The Morgan fingerprint density at radius 1 is 0.956 bits per heavy atom. The molecule has 258 valence electrons. The Hall–Kier alpha value is -0.713. The first-order valence-corrected chi connectivity index (χ1v) is 20.9. The number of nitrogens with zero attached hydrogens (tertiary/aromatic N) is 3. The van der Waals surface area contributed by atoms with Crippen LogP contribution >= 0.6 is 0 Å². The van der Waals surface area contributed by atoms with Gasteiger partial charge in [0.25, 0.3) is 0 Å². The van der Waals surface area contributed by atoms with Crippen molar-refractivity contribution < 1.29 is 28.1 Å². The molecule has 0 aromatic heterocycles. The van der Waals surface area contributed by atoms with Gasteiger partial charge in [0.15, 0.2) is 8.32 Å². The molecular weight excluding hydrogens is 586 g/mol. The maximum absolute atomic E-state index is 9.49. The molecule has 5 aliphatic rings. The molecule has 11 atom stereocenters. The van der Waals surface area contributed by atoms with E-state index < -0.39 is 8.32 Å². The molecule has 2 saturated carbocycles. The molecule has 0 amide bonds. The van der Waals surface area contributed by atoms with Crippen molar-refractivity contribution in [2.24, 2.45) is 27.8 Å². The average Bonchev–Trinajstić information content (AvgIpc) is 3.74. The molecule has 0 aromatic rings. The molecule has 0 radical (unpaired) electrons. The number of hydrogen-bond acceptors (Lipinski definition) is 7. The standard InChI is InChI=1S/C35H63N3O6Si/c1-24-14-16-34-22-39-21-27(37-38-36)25(2)15-18-40-28(26(3)44-45(8,9)32(4,5)6)13-11-10-12-17-41-29-20-31(43-30(34)19-24)35(23-42-35)33(29,34)7/h24-31H,10-23H2,1-9H3/t24?,25-,26+,27-,28-,29-,30-,31-,33-,34-,35+/m1/s1. The predicted molar refractivity (Wildman–Crippen MR) is 179 cm³/mol. The summed E-state index contributed by atoms with van der Waals surface area (Å²) in [4.78, 5) is 3.23. The third kappa shape index (κ3) is 6.66. The minimum Gasteiger partial charge on any atom is -0.412 e. The Balaban J connectivity index is 1.35. The number of rotatable bonds is 4. The van der Waals surface area contributed by atoms with Gasteiger partial charge >= 0.3 is 0 Å². The van der Waals surface area contributed by atoms with E-state index in [2.05, 4.69) is 71.6 Å². The third-order valence-corrected chi connectivity index (χ3v) is 17.9.